The van der Waals surface area contributed by atoms with Gasteiger partial charge in [-0.05, 0) is 60.9 Å². The summed E-state index contributed by atoms with van der Waals surface area (Å²) in [6.45, 7) is 4.09. The molecular formula is C26H23ClN2O3. The van der Waals surface area contributed by atoms with E-state index in [1.165, 1.54) is 4.90 Å². The second kappa shape index (κ2) is 8.89. The number of halogens is 1. The smallest absolute Gasteiger partial charge is 0.278 e. The van der Waals surface area contributed by atoms with Gasteiger partial charge in [0.2, 0.25) is 0 Å². The molecule has 1 heterocycles. The van der Waals surface area contributed by atoms with Gasteiger partial charge in [0.15, 0.2) is 0 Å². The van der Waals surface area contributed by atoms with Crippen LogP contribution >= 0.6 is 11.6 Å². The molecular weight excluding hydrogens is 424 g/mol. The first-order valence-electron chi connectivity index (χ1n) is 10.2. The van der Waals surface area contributed by atoms with Crippen LogP contribution in [0.2, 0.25) is 5.02 Å². The molecule has 0 atom stereocenters. The van der Waals surface area contributed by atoms with Crippen LogP contribution in [0, 0.1) is 13.8 Å². The lowest BCUT2D eigenvalue weighted by atomic mass is 10.0. The molecule has 0 spiro atoms. The minimum Gasteiger partial charge on any atom is -0.497 e. The van der Waals surface area contributed by atoms with Crippen molar-refractivity contribution in [2.24, 2.45) is 0 Å². The zero-order chi connectivity index (χ0) is 22.8. The SMILES string of the molecule is COc1ccc(C2=C(Nc3ccc(Cl)cc3C)C(=O)N(Cc3ccc(C)cc3)C2=O)cc1. The monoisotopic (exact) mass is 446 g/mol. The van der Waals surface area contributed by atoms with Crippen molar-refractivity contribution in [1.82, 2.24) is 4.90 Å². The zero-order valence-corrected chi connectivity index (χ0v) is 18.9. The van der Waals surface area contributed by atoms with Crippen molar-refractivity contribution in [3.05, 3.63) is 99.7 Å². The maximum absolute atomic E-state index is 13.4. The van der Waals surface area contributed by atoms with Gasteiger partial charge in [-0.2, -0.15) is 0 Å². The Morgan fingerprint density at radius 1 is 0.906 bits per heavy atom. The number of methoxy groups -OCH3 is 1. The molecule has 162 valence electrons. The van der Waals surface area contributed by atoms with Gasteiger partial charge in [0.05, 0.1) is 19.2 Å². The number of carbonyl (C=O) groups is 2. The Morgan fingerprint density at radius 2 is 1.59 bits per heavy atom. The number of benzene rings is 3. The van der Waals surface area contributed by atoms with Crippen LogP contribution in [-0.4, -0.2) is 23.8 Å². The molecule has 0 saturated carbocycles. The Hall–Kier alpha value is -3.57. The van der Waals surface area contributed by atoms with E-state index < -0.39 is 0 Å². The molecule has 0 saturated heterocycles. The Morgan fingerprint density at radius 3 is 2.22 bits per heavy atom. The van der Waals surface area contributed by atoms with Crippen molar-refractivity contribution in [3.8, 4) is 5.75 Å². The van der Waals surface area contributed by atoms with Crippen LogP contribution in [0.15, 0.2) is 72.4 Å². The number of ether oxygens (including phenoxy) is 1. The van der Waals surface area contributed by atoms with Gasteiger partial charge in [-0.15, -0.1) is 0 Å². The standard InChI is InChI=1S/C26H23ClN2O3/c1-16-4-6-18(7-5-16)15-29-25(30)23(19-8-11-21(32-3)12-9-19)24(26(29)31)28-22-13-10-20(27)14-17(22)2/h4-14,28H,15H2,1-3H3. The number of hydrogen-bond donors (Lipinski definition) is 1. The first kappa shape index (κ1) is 21.7. The summed E-state index contributed by atoms with van der Waals surface area (Å²) in [4.78, 5) is 28.1. The molecule has 0 unspecified atom stereocenters. The minimum atomic E-state index is -0.365. The number of nitrogens with zero attached hydrogens (tertiary/aromatic N) is 1. The van der Waals surface area contributed by atoms with E-state index in [1.807, 2.05) is 44.2 Å². The van der Waals surface area contributed by atoms with E-state index in [0.29, 0.717) is 27.6 Å². The molecule has 1 aliphatic rings. The number of nitrogens with one attached hydrogen (secondary N) is 1. The predicted octanol–water partition coefficient (Wildman–Crippen LogP) is 5.36. The van der Waals surface area contributed by atoms with Gasteiger partial charge in [0.1, 0.15) is 11.4 Å². The van der Waals surface area contributed by atoms with Crippen molar-refractivity contribution < 1.29 is 14.3 Å². The van der Waals surface area contributed by atoms with E-state index >= 15 is 0 Å². The highest BCUT2D eigenvalue weighted by molar-refractivity contribution is 6.36. The molecule has 3 aromatic carbocycles. The fourth-order valence-electron chi connectivity index (χ4n) is 3.64. The van der Waals surface area contributed by atoms with Crippen molar-refractivity contribution in [2.75, 3.05) is 12.4 Å². The highest BCUT2D eigenvalue weighted by Crippen LogP contribution is 2.33. The summed E-state index contributed by atoms with van der Waals surface area (Å²) in [6.07, 6.45) is 0. The number of carbonyl (C=O) groups excluding carboxylic acids is 2. The molecule has 4 rings (SSSR count). The van der Waals surface area contributed by atoms with E-state index in [0.717, 1.165) is 16.7 Å². The van der Waals surface area contributed by atoms with E-state index in [4.69, 9.17) is 16.3 Å². The summed E-state index contributed by atoms with van der Waals surface area (Å²) in [5, 5.41) is 3.80. The fourth-order valence-corrected chi connectivity index (χ4v) is 3.87. The third-order valence-corrected chi connectivity index (χ3v) is 5.69. The van der Waals surface area contributed by atoms with E-state index in [-0.39, 0.29) is 24.1 Å². The van der Waals surface area contributed by atoms with Crippen molar-refractivity contribution >= 4 is 34.7 Å². The quantitative estimate of drug-likeness (QED) is 0.518. The molecule has 0 fully saturated rings. The molecule has 2 amide bonds. The molecule has 1 aliphatic heterocycles. The normalized spacial score (nSPS) is 13.7. The average Bonchev–Trinajstić information content (AvgIpc) is 3.01. The number of amides is 2. The lowest BCUT2D eigenvalue weighted by Crippen LogP contribution is -2.32. The Balaban J connectivity index is 1.74. The van der Waals surface area contributed by atoms with Crippen LogP contribution < -0.4 is 10.1 Å². The van der Waals surface area contributed by atoms with Gasteiger partial charge in [-0.3, -0.25) is 14.5 Å². The van der Waals surface area contributed by atoms with Crippen molar-refractivity contribution in [1.29, 1.82) is 0 Å². The molecule has 32 heavy (non-hydrogen) atoms. The summed E-state index contributed by atoms with van der Waals surface area (Å²) in [5.74, 6) is -0.0312. The topological polar surface area (TPSA) is 58.6 Å². The molecule has 6 heteroatoms. The first-order chi connectivity index (χ1) is 15.4. The maximum atomic E-state index is 13.4. The molecule has 0 aromatic heterocycles. The lowest BCUT2D eigenvalue weighted by molar-refractivity contribution is -0.137. The van der Waals surface area contributed by atoms with E-state index in [1.54, 1.807) is 43.5 Å². The third-order valence-electron chi connectivity index (χ3n) is 5.46. The highest BCUT2D eigenvalue weighted by atomic mass is 35.5. The number of anilines is 1. The lowest BCUT2D eigenvalue weighted by Gasteiger charge is -2.16. The van der Waals surface area contributed by atoms with Crippen LogP contribution in [-0.2, 0) is 16.1 Å². The van der Waals surface area contributed by atoms with Crippen molar-refractivity contribution in [3.63, 3.8) is 0 Å². The van der Waals surface area contributed by atoms with Gasteiger partial charge in [-0.25, -0.2) is 0 Å². The predicted molar refractivity (Wildman–Crippen MR) is 126 cm³/mol. The fraction of sp³-hybridized carbons (Fsp3) is 0.154. The second-order valence-electron chi connectivity index (χ2n) is 7.74. The zero-order valence-electron chi connectivity index (χ0n) is 18.1. The van der Waals surface area contributed by atoms with Crippen molar-refractivity contribution in [2.45, 2.75) is 20.4 Å². The molecule has 0 bridgehead atoms. The summed E-state index contributed by atoms with van der Waals surface area (Å²) >= 11 is 6.08. The highest BCUT2D eigenvalue weighted by Gasteiger charge is 2.39. The molecule has 1 N–H and O–H groups in total. The molecule has 0 radical (unpaired) electrons. The number of imide groups is 1. The van der Waals surface area contributed by atoms with Gasteiger partial charge in [0.25, 0.3) is 11.8 Å². The van der Waals surface area contributed by atoms with Crippen LogP contribution in [0.3, 0.4) is 0 Å². The van der Waals surface area contributed by atoms with Crippen LogP contribution in [0.25, 0.3) is 5.57 Å². The molecule has 5 nitrogen and oxygen atoms in total. The van der Waals surface area contributed by atoms with Crippen LogP contribution in [0.4, 0.5) is 5.69 Å². The van der Waals surface area contributed by atoms with Crippen LogP contribution in [0.5, 0.6) is 5.75 Å². The molecule has 3 aromatic rings. The minimum absolute atomic E-state index is 0.197. The van der Waals surface area contributed by atoms with Gasteiger partial charge < -0.3 is 10.1 Å². The van der Waals surface area contributed by atoms with Gasteiger partial charge >= 0.3 is 0 Å². The number of aryl methyl sites for hydroxylation is 2. The third kappa shape index (κ3) is 4.25. The largest absolute Gasteiger partial charge is 0.497 e. The molecule has 0 aliphatic carbocycles. The Labute approximate surface area is 192 Å². The Kier molecular flexibility index (Phi) is 6.01. The first-order valence-corrected chi connectivity index (χ1v) is 10.6. The summed E-state index contributed by atoms with van der Waals surface area (Å²) in [7, 11) is 1.58. The summed E-state index contributed by atoms with van der Waals surface area (Å²) < 4.78 is 5.23. The second-order valence-corrected chi connectivity index (χ2v) is 8.18. The van der Waals surface area contributed by atoms with E-state index in [9.17, 15) is 9.59 Å². The summed E-state index contributed by atoms with van der Waals surface area (Å²) in [5.41, 5.74) is 4.81. The van der Waals surface area contributed by atoms with Gasteiger partial charge in [-0.1, -0.05) is 53.6 Å². The van der Waals surface area contributed by atoms with E-state index in [2.05, 4.69) is 5.32 Å². The number of rotatable bonds is 6. The number of hydrogen-bond acceptors (Lipinski definition) is 4. The Bertz CT molecular complexity index is 1210. The maximum Gasteiger partial charge on any atom is 0.278 e. The van der Waals surface area contributed by atoms with Gasteiger partial charge in [0, 0.05) is 10.7 Å². The summed E-state index contributed by atoms with van der Waals surface area (Å²) in [6, 6.07) is 20.3. The van der Waals surface area contributed by atoms with Crippen LogP contribution in [0.1, 0.15) is 22.3 Å². The average molecular weight is 447 g/mol.